The SMILES string of the molecule is CC(N1CCOCC1)N(C(N)=S)C1CCCCC1. The second-order valence-electron chi connectivity index (χ2n) is 5.32. The second-order valence-corrected chi connectivity index (χ2v) is 5.74. The van der Waals surface area contributed by atoms with Gasteiger partial charge in [0.1, 0.15) is 0 Å². The molecular weight excluding hydrogens is 246 g/mol. The summed E-state index contributed by atoms with van der Waals surface area (Å²) in [7, 11) is 0. The van der Waals surface area contributed by atoms with E-state index in [0.29, 0.717) is 17.3 Å². The Morgan fingerprint density at radius 3 is 2.44 bits per heavy atom. The van der Waals surface area contributed by atoms with Crippen molar-refractivity contribution in [3.63, 3.8) is 0 Å². The molecule has 0 aromatic heterocycles. The molecule has 0 aromatic rings. The van der Waals surface area contributed by atoms with Gasteiger partial charge in [0.05, 0.1) is 19.4 Å². The Morgan fingerprint density at radius 2 is 1.89 bits per heavy atom. The predicted molar refractivity (Wildman–Crippen MR) is 77.4 cm³/mol. The quantitative estimate of drug-likeness (QED) is 0.789. The number of thiocarbonyl (C=S) groups is 1. The first-order valence-electron chi connectivity index (χ1n) is 7.09. The molecule has 1 unspecified atom stereocenters. The fourth-order valence-corrected chi connectivity index (χ4v) is 3.46. The standard InChI is InChI=1S/C13H25N3OS/c1-11(15-7-9-17-10-8-15)16(13(14)18)12-5-3-2-4-6-12/h11-12H,2-10H2,1H3,(H2,14,18). The average Bonchev–Trinajstić information content (AvgIpc) is 2.40. The highest BCUT2D eigenvalue weighted by Gasteiger charge is 2.30. The number of hydrogen-bond acceptors (Lipinski definition) is 3. The van der Waals surface area contributed by atoms with Gasteiger partial charge in [-0.2, -0.15) is 0 Å². The maximum absolute atomic E-state index is 5.97. The third-order valence-corrected chi connectivity index (χ3v) is 4.41. The summed E-state index contributed by atoms with van der Waals surface area (Å²) >= 11 is 5.29. The van der Waals surface area contributed by atoms with Crippen molar-refractivity contribution in [3.8, 4) is 0 Å². The van der Waals surface area contributed by atoms with Crippen LogP contribution < -0.4 is 5.73 Å². The summed E-state index contributed by atoms with van der Waals surface area (Å²) in [6, 6.07) is 0.536. The molecule has 0 radical (unpaired) electrons. The first-order valence-corrected chi connectivity index (χ1v) is 7.50. The monoisotopic (exact) mass is 271 g/mol. The van der Waals surface area contributed by atoms with E-state index in [-0.39, 0.29) is 0 Å². The van der Waals surface area contributed by atoms with Crippen LogP contribution >= 0.6 is 12.2 Å². The molecule has 5 heteroatoms. The molecule has 1 aliphatic heterocycles. The minimum Gasteiger partial charge on any atom is -0.379 e. The summed E-state index contributed by atoms with van der Waals surface area (Å²) in [6.45, 7) is 5.82. The minimum absolute atomic E-state index is 0.300. The highest BCUT2D eigenvalue weighted by Crippen LogP contribution is 2.25. The highest BCUT2D eigenvalue weighted by molar-refractivity contribution is 7.80. The largest absolute Gasteiger partial charge is 0.379 e. The van der Waals surface area contributed by atoms with Gasteiger partial charge in [-0.1, -0.05) is 19.3 Å². The van der Waals surface area contributed by atoms with Crippen molar-refractivity contribution >= 4 is 17.3 Å². The fourth-order valence-electron chi connectivity index (χ4n) is 3.16. The lowest BCUT2D eigenvalue weighted by atomic mass is 9.94. The lowest BCUT2D eigenvalue weighted by molar-refractivity contribution is -0.0197. The molecular formula is C13H25N3OS. The molecule has 18 heavy (non-hydrogen) atoms. The van der Waals surface area contributed by atoms with E-state index in [0.717, 1.165) is 26.3 Å². The van der Waals surface area contributed by atoms with E-state index in [9.17, 15) is 0 Å². The summed E-state index contributed by atoms with van der Waals surface area (Å²) < 4.78 is 5.41. The Bertz CT molecular complexity index is 275. The molecule has 2 fully saturated rings. The van der Waals surface area contributed by atoms with Crippen molar-refractivity contribution in [2.75, 3.05) is 26.3 Å². The number of morpholine rings is 1. The molecule has 1 heterocycles. The molecule has 0 amide bonds. The lowest BCUT2D eigenvalue weighted by Gasteiger charge is -2.44. The fraction of sp³-hybridized carbons (Fsp3) is 0.923. The van der Waals surface area contributed by atoms with Crippen molar-refractivity contribution < 1.29 is 4.74 Å². The number of rotatable bonds is 3. The zero-order valence-corrected chi connectivity index (χ0v) is 12.1. The van der Waals surface area contributed by atoms with Gasteiger partial charge in [-0.25, -0.2) is 0 Å². The Balaban J connectivity index is 2.00. The van der Waals surface area contributed by atoms with Gasteiger partial charge < -0.3 is 15.4 Å². The van der Waals surface area contributed by atoms with Crippen LogP contribution in [0, 0.1) is 0 Å². The summed E-state index contributed by atoms with van der Waals surface area (Å²) in [4.78, 5) is 4.69. The van der Waals surface area contributed by atoms with E-state index >= 15 is 0 Å². The Kier molecular flexibility index (Phi) is 5.21. The molecule has 1 saturated carbocycles. The second kappa shape index (κ2) is 6.68. The predicted octanol–water partition coefficient (Wildman–Crippen LogP) is 1.54. The first-order chi connectivity index (χ1) is 8.70. The molecule has 2 aliphatic rings. The van der Waals surface area contributed by atoms with Crippen LogP contribution in [0.15, 0.2) is 0 Å². The Labute approximate surface area is 115 Å². The van der Waals surface area contributed by atoms with Crippen molar-refractivity contribution in [2.45, 2.75) is 51.2 Å². The summed E-state index contributed by atoms with van der Waals surface area (Å²) in [5, 5.41) is 0.556. The topological polar surface area (TPSA) is 41.7 Å². The van der Waals surface area contributed by atoms with Gasteiger partial charge in [0, 0.05) is 19.1 Å². The van der Waals surface area contributed by atoms with Crippen LogP contribution in [-0.2, 0) is 4.74 Å². The van der Waals surface area contributed by atoms with Crippen molar-refractivity contribution in [3.05, 3.63) is 0 Å². The summed E-state index contributed by atoms with van der Waals surface area (Å²) in [6.07, 6.45) is 6.72. The molecule has 104 valence electrons. The van der Waals surface area contributed by atoms with Gasteiger partial charge in [0.2, 0.25) is 0 Å². The van der Waals surface area contributed by atoms with Gasteiger partial charge in [0.25, 0.3) is 0 Å². The zero-order chi connectivity index (χ0) is 13.0. The van der Waals surface area contributed by atoms with Crippen LogP contribution in [0.5, 0.6) is 0 Å². The molecule has 0 spiro atoms. The van der Waals surface area contributed by atoms with Crippen LogP contribution in [0.2, 0.25) is 0 Å². The minimum atomic E-state index is 0.300. The van der Waals surface area contributed by atoms with Gasteiger partial charge in [-0.3, -0.25) is 4.90 Å². The van der Waals surface area contributed by atoms with Crippen LogP contribution in [0.4, 0.5) is 0 Å². The molecule has 1 saturated heterocycles. The third kappa shape index (κ3) is 3.33. The van der Waals surface area contributed by atoms with E-state index in [1.54, 1.807) is 0 Å². The average molecular weight is 271 g/mol. The zero-order valence-electron chi connectivity index (χ0n) is 11.3. The van der Waals surface area contributed by atoms with E-state index in [1.807, 2.05) is 0 Å². The van der Waals surface area contributed by atoms with E-state index in [4.69, 9.17) is 22.7 Å². The van der Waals surface area contributed by atoms with Crippen LogP contribution in [-0.4, -0.2) is 53.4 Å². The van der Waals surface area contributed by atoms with Crippen molar-refractivity contribution in [2.24, 2.45) is 5.73 Å². The maximum Gasteiger partial charge on any atom is 0.167 e. The molecule has 1 aliphatic carbocycles. The third-order valence-electron chi connectivity index (χ3n) is 4.20. The molecule has 2 rings (SSSR count). The van der Waals surface area contributed by atoms with E-state index < -0.39 is 0 Å². The summed E-state index contributed by atoms with van der Waals surface area (Å²) in [5.74, 6) is 0. The maximum atomic E-state index is 5.97. The Hall–Kier alpha value is -0.390. The molecule has 0 aromatic carbocycles. The lowest BCUT2D eigenvalue weighted by Crippen LogP contribution is -2.57. The number of hydrogen-bond donors (Lipinski definition) is 1. The van der Waals surface area contributed by atoms with Gasteiger partial charge in [-0.05, 0) is 32.0 Å². The first kappa shape index (κ1) is 14.0. The van der Waals surface area contributed by atoms with Crippen LogP contribution in [0.1, 0.15) is 39.0 Å². The number of nitrogens with zero attached hydrogens (tertiary/aromatic N) is 2. The van der Waals surface area contributed by atoms with Crippen LogP contribution in [0.3, 0.4) is 0 Å². The molecule has 1 atom stereocenters. The highest BCUT2D eigenvalue weighted by atomic mass is 32.1. The number of ether oxygens (including phenoxy) is 1. The van der Waals surface area contributed by atoms with E-state index in [2.05, 4.69) is 16.7 Å². The van der Waals surface area contributed by atoms with Crippen LogP contribution in [0.25, 0.3) is 0 Å². The molecule has 4 nitrogen and oxygen atoms in total. The van der Waals surface area contributed by atoms with Crippen molar-refractivity contribution in [1.82, 2.24) is 9.80 Å². The van der Waals surface area contributed by atoms with Gasteiger partial charge >= 0.3 is 0 Å². The Morgan fingerprint density at radius 1 is 1.28 bits per heavy atom. The van der Waals surface area contributed by atoms with E-state index in [1.165, 1.54) is 32.1 Å². The summed E-state index contributed by atoms with van der Waals surface area (Å²) in [5.41, 5.74) is 5.97. The van der Waals surface area contributed by atoms with Gasteiger partial charge in [0.15, 0.2) is 5.11 Å². The number of nitrogens with two attached hydrogens (primary N) is 1. The normalized spacial score (nSPS) is 24.7. The van der Waals surface area contributed by atoms with Crippen molar-refractivity contribution in [1.29, 1.82) is 0 Å². The smallest absolute Gasteiger partial charge is 0.167 e. The molecule has 2 N–H and O–H groups in total. The van der Waals surface area contributed by atoms with Gasteiger partial charge in [-0.15, -0.1) is 0 Å². The molecule has 0 bridgehead atoms.